The number of methoxy groups -OCH3 is 1. The van der Waals surface area contributed by atoms with Crippen LogP contribution in [0.2, 0.25) is 0 Å². The number of ether oxygens (including phenoxy) is 1. The molecule has 0 saturated carbocycles. The second-order valence-corrected chi connectivity index (χ2v) is 12.3. The van der Waals surface area contributed by atoms with Gasteiger partial charge in [-0.15, -0.1) is 11.8 Å². The highest BCUT2D eigenvalue weighted by Gasteiger charge is 2.29. The third-order valence-electron chi connectivity index (χ3n) is 5.91. The predicted octanol–water partition coefficient (Wildman–Crippen LogP) is 4.96. The monoisotopic (exact) mass is 525 g/mol. The van der Waals surface area contributed by atoms with E-state index in [0.29, 0.717) is 42.7 Å². The molecule has 0 spiro atoms. The van der Waals surface area contributed by atoms with Crippen LogP contribution < -0.4 is 15.0 Å². The number of benzene rings is 3. The van der Waals surface area contributed by atoms with Crippen molar-refractivity contribution >= 4 is 39.1 Å². The maximum absolute atomic E-state index is 13.2. The zero-order chi connectivity index (χ0) is 25.7. The van der Waals surface area contributed by atoms with E-state index in [-0.39, 0.29) is 10.8 Å². The molecular weight excluding hydrogens is 494 g/mol. The van der Waals surface area contributed by atoms with Gasteiger partial charge in [-0.05, 0) is 48.5 Å². The van der Waals surface area contributed by atoms with Gasteiger partial charge in [-0.3, -0.25) is 4.79 Å². The molecule has 1 aliphatic rings. The summed E-state index contributed by atoms with van der Waals surface area (Å²) in [5.41, 5.74) is 2.11. The van der Waals surface area contributed by atoms with Crippen LogP contribution in [0.25, 0.3) is 0 Å². The predicted molar refractivity (Wildman–Crippen MR) is 146 cm³/mol. The fourth-order valence-electron chi connectivity index (χ4n) is 4.13. The maximum Gasteiger partial charge on any atom is 0.256 e. The fraction of sp³-hybridized carbons (Fsp3) is 0.296. The second-order valence-electron chi connectivity index (χ2n) is 8.70. The van der Waals surface area contributed by atoms with Crippen LogP contribution in [-0.2, 0) is 10.0 Å². The Balaban J connectivity index is 1.41. The fourth-order valence-corrected chi connectivity index (χ4v) is 6.50. The van der Waals surface area contributed by atoms with Gasteiger partial charge in [-0.25, -0.2) is 8.42 Å². The first-order valence-corrected chi connectivity index (χ1v) is 14.2. The van der Waals surface area contributed by atoms with E-state index < -0.39 is 10.0 Å². The van der Waals surface area contributed by atoms with E-state index in [2.05, 4.69) is 24.1 Å². The summed E-state index contributed by atoms with van der Waals surface area (Å²) in [5.74, 6) is 0.554. The van der Waals surface area contributed by atoms with E-state index in [1.807, 2.05) is 42.5 Å². The lowest BCUT2D eigenvalue weighted by atomic mass is 10.2. The molecule has 0 bridgehead atoms. The van der Waals surface area contributed by atoms with Gasteiger partial charge in [0.15, 0.2) is 0 Å². The Labute approximate surface area is 217 Å². The molecule has 0 atom stereocenters. The Morgan fingerprint density at radius 3 is 2.22 bits per heavy atom. The van der Waals surface area contributed by atoms with Gasteiger partial charge >= 0.3 is 0 Å². The first kappa shape index (κ1) is 26.1. The third kappa shape index (κ3) is 5.86. The van der Waals surface area contributed by atoms with Gasteiger partial charge in [-0.2, -0.15) is 4.31 Å². The Morgan fingerprint density at radius 1 is 0.917 bits per heavy atom. The van der Waals surface area contributed by atoms with Crippen molar-refractivity contribution in [3.63, 3.8) is 0 Å². The zero-order valence-corrected chi connectivity index (χ0v) is 22.3. The van der Waals surface area contributed by atoms with Crippen LogP contribution in [0.4, 0.5) is 11.4 Å². The summed E-state index contributed by atoms with van der Waals surface area (Å²) >= 11 is 1.63. The van der Waals surface area contributed by atoms with Crippen LogP contribution in [-0.4, -0.2) is 57.2 Å². The zero-order valence-electron chi connectivity index (χ0n) is 20.7. The topological polar surface area (TPSA) is 79.0 Å². The molecular formula is C27H31N3O4S2. The number of piperazine rings is 1. The Morgan fingerprint density at radius 2 is 1.56 bits per heavy atom. The van der Waals surface area contributed by atoms with E-state index in [1.54, 1.807) is 49.2 Å². The number of rotatable bonds is 8. The van der Waals surface area contributed by atoms with E-state index in [1.165, 1.54) is 4.31 Å². The summed E-state index contributed by atoms with van der Waals surface area (Å²) < 4.78 is 33.5. The molecule has 3 aromatic carbocycles. The molecule has 4 rings (SSSR count). The number of thioether (sulfide) groups is 1. The van der Waals surface area contributed by atoms with E-state index in [4.69, 9.17) is 4.74 Å². The van der Waals surface area contributed by atoms with Crippen molar-refractivity contribution in [2.24, 2.45) is 0 Å². The molecule has 0 aliphatic carbocycles. The number of sulfonamides is 1. The van der Waals surface area contributed by atoms with Crippen LogP contribution in [0.1, 0.15) is 24.2 Å². The number of carbonyl (C=O) groups is 1. The van der Waals surface area contributed by atoms with Gasteiger partial charge in [0, 0.05) is 42.0 Å². The smallest absolute Gasteiger partial charge is 0.256 e. The first-order chi connectivity index (χ1) is 17.3. The quantitative estimate of drug-likeness (QED) is 0.419. The van der Waals surface area contributed by atoms with Gasteiger partial charge in [0.25, 0.3) is 5.91 Å². The summed E-state index contributed by atoms with van der Waals surface area (Å²) in [5, 5.41) is 3.23. The Bertz CT molecular complexity index is 1300. The molecule has 1 aliphatic heterocycles. The van der Waals surface area contributed by atoms with Gasteiger partial charge in [0.2, 0.25) is 10.0 Å². The normalized spacial score (nSPS) is 14.6. The van der Waals surface area contributed by atoms with Crippen LogP contribution in [0.5, 0.6) is 5.75 Å². The van der Waals surface area contributed by atoms with Crippen molar-refractivity contribution in [3.8, 4) is 5.75 Å². The molecule has 0 unspecified atom stereocenters. The molecule has 1 saturated heterocycles. The molecule has 190 valence electrons. The van der Waals surface area contributed by atoms with Crippen molar-refractivity contribution in [1.82, 2.24) is 4.31 Å². The summed E-state index contributed by atoms with van der Waals surface area (Å²) in [6, 6.07) is 21.6. The molecule has 1 fully saturated rings. The summed E-state index contributed by atoms with van der Waals surface area (Å²) in [6.07, 6.45) is 0. The lowest BCUT2D eigenvalue weighted by Gasteiger charge is -2.35. The minimum Gasteiger partial charge on any atom is -0.495 e. The average molecular weight is 526 g/mol. The molecule has 1 N–H and O–H groups in total. The summed E-state index contributed by atoms with van der Waals surface area (Å²) in [7, 11) is -2.01. The molecule has 7 nitrogen and oxygen atoms in total. The third-order valence-corrected chi connectivity index (χ3v) is 8.90. The molecule has 36 heavy (non-hydrogen) atoms. The van der Waals surface area contributed by atoms with Crippen molar-refractivity contribution in [2.75, 3.05) is 43.5 Å². The van der Waals surface area contributed by atoms with Crippen LogP contribution in [0.15, 0.2) is 82.6 Å². The first-order valence-electron chi connectivity index (χ1n) is 11.8. The highest BCUT2D eigenvalue weighted by molar-refractivity contribution is 8.00. The van der Waals surface area contributed by atoms with Crippen LogP contribution >= 0.6 is 11.8 Å². The van der Waals surface area contributed by atoms with Crippen molar-refractivity contribution in [3.05, 3.63) is 78.4 Å². The number of carbonyl (C=O) groups excluding carboxylic acids is 1. The van der Waals surface area contributed by atoms with E-state index in [0.717, 1.165) is 16.3 Å². The largest absolute Gasteiger partial charge is 0.495 e. The number of amides is 1. The highest BCUT2D eigenvalue weighted by Crippen LogP contribution is 2.30. The number of hydrogen-bond donors (Lipinski definition) is 1. The van der Waals surface area contributed by atoms with Crippen molar-refractivity contribution in [2.45, 2.75) is 28.9 Å². The highest BCUT2D eigenvalue weighted by atomic mass is 32.2. The number of nitrogens with one attached hydrogen (secondary N) is 1. The van der Waals surface area contributed by atoms with Crippen molar-refractivity contribution in [1.29, 1.82) is 0 Å². The Kier molecular flexibility index (Phi) is 8.23. The Hall–Kier alpha value is -3.01. The SMILES string of the molecule is COc1ccccc1N1CCN(S(=O)(=O)c2ccc(NC(=O)c3ccccc3SC(C)C)cc2)CC1. The van der Waals surface area contributed by atoms with Crippen molar-refractivity contribution < 1.29 is 17.9 Å². The summed E-state index contributed by atoms with van der Waals surface area (Å²) in [6.45, 7) is 6.06. The molecule has 0 aromatic heterocycles. The minimum absolute atomic E-state index is 0.210. The van der Waals surface area contributed by atoms with E-state index in [9.17, 15) is 13.2 Å². The second kappa shape index (κ2) is 11.4. The standard InChI is InChI=1S/C27H31N3O4S2/c1-20(2)35-26-11-7-4-8-23(26)27(31)28-21-12-14-22(15-13-21)36(32,33)30-18-16-29(17-19-30)24-9-5-6-10-25(24)34-3/h4-15,20H,16-19H2,1-3H3,(H,28,31). The number of para-hydroxylation sites is 2. The van der Waals surface area contributed by atoms with Gasteiger partial charge in [0.1, 0.15) is 5.75 Å². The minimum atomic E-state index is -3.64. The molecule has 9 heteroatoms. The van der Waals surface area contributed by atoms with Gasteiger partial charge in [0.05, 0.1) is 23.3 Å². The molecule has 3 aromatic rings. The molecule has 1 amide bonds. The molecule has 1 heterocycles. The average Bonchev–Trinajstić information content (AvgIpc) is 2.89. The van der Waals surface area contributed by atoms with Crippen LogP contribution in [0.3, 0.4) is 0 Å². The maximum atomic E-state index is 13.2. The van der Waals surface area contributed by atoms with Gasteiger partial charge in [-0.1, -0.05) is 38.1 Å². The number of hydrogen-bond acceptors (Lipinski definition) is 6. The van der Waals surface area contributed by atoms with E-state index >= 15 is 0 Å². The van der Waals surface area contributed by atoms with Gasteiger partial charge < -0.3 is 15.0 Å². The lowest BCUT2D eigenvalue weighted by molar-refractivity contribution is 0.102. The number of anilines is 2. The van der Waals surface area contributed by atoms with Crippen LogP contribution in [0, 0.1) is 0 Å². The molecule has 0 radical (unpaired) electrons. The number of nitrogens with zero attached hydrogens (tertiary/aromatic N) is 2. The summed E-state index contributed by atoms with van der Waals surface area (Å²) in [4.78, 5) is 16.1. The lowest BCUT2D eigenvalue weighted by Crippen LogP contribution is -2.48.